The van der Waals surface area contributed by atoms with Gasteiger partial charge in [0.25, 0.3) is 15.6 Å². The number of hydrogen-bond acceptors (Lipinski definition) is 25. The van der Waals surface area contributed by atoms with Gasteiger partial charge in [0.1, 0.15) is 42.4 Å². The Morgan fingerprint density at radius 2 is 1.71 bits per heavy atom. The van der Waals surface area contributed by atoms with Crippen molar-refractivity contribution >= 4 is 75.1 Å². The minimum absolute atomic E-state index is 0.0264. The predicted molar refractivity (Wildman–Crippen MR) is 174 cm³/mol. The zero-order valence-electron chi connectivity index (χ0n) is 29.0. The molecule has 1 saturated heterocycles. The largest absolute Gasteiger partial charge is 0.790 e. The van der Waals surface area contributed by atoms with E-state index in [0.717, 1.165) is 31.1 Å². The molecule has 1 aliphatic heterocycles. The molecule has 2 unspecified atom stereocenters. The van der Waals surface area contributed by atoms with E-state index in [1.807, 2.05) is 0 Å². The maximum absolute atomic E-state index is 12.5. The second-order valence-electron chi connectivity index (χ2n) is 12.2. The Hall–Kier alpha value is -3.01. The lowest BCUT2D eigenvalue weighted by Crippen LogP contribution is -2.46. The molecular weight excluding hydrogens is 843 g/mol. The minimum Gasteiger partial charge on any atom is -0.790 e. The number of nitrogens with one attached hydrogen (secondary N) is 2. The van der Waals surface area contributed by atoms with Crippen molar-refractivity contribution in [1.82, 2.24) is 30.2 Å². The number of ether oxygens (including phenoxy) is 1. The highest BCUT2D eigenvalue weighted by Gasteiger charge is 2.47. The molecule has 3 rings (SSSR count). The van der Waals surface area contributed by atoms with Gasteiger partial charge in [-0.1, -0.05) is 25.6 Å². The Labute approximate surface area is 319 Å². The summed E-state index contributed by atoms with van der Waals surface area (Å²) in [5, 5.41) is 44.8. The van der Waals surface area contributed by atoms with Gasteiger partial charge in [0.05, 0.1) is 33.3 Å². The van der Waals surface area contributed by atoms with Crippen LogP contribution in [0.1, 0.15) is 32.9 Å². The van der Waals surface area contributed by atoms with Crippen molar-refractivity contribution in [2.75, 3.05) is 37.8 Å². The number of nitrogens with zero attached hydrogens (tertiary/aromatic N) is 4. The van der Waals surface area contributed by atoms with Gasteiger partial charge in [-0.15, -0.1) is 0 Å². The number of carbonyl (C=O) groups excluding carboxylic acids is 4. The molecule has 8 atom stereocenters. The van der Waals surface area contributed by atoms with Crippen molar-refractivity contribution in [2.24, 2.45) is 5.41 Å². The van der Waals surface area contributed by atoms with Crippen LogP contribution in [0.5, 0.6) is 0 Å². The lowest BCUT2D eigenvalue weighted by molar-refractivity contribution is -0.347. The zero-order valence-corrected chi connectivity index (χ0v) is 32.5. The van der Waals surface area contributed by atoms with Crippen molar-refractivity contribution < 1.29 is 95.5 Å². The summed E-state index contributed by atoms with van der Waals surface area (Å²) in [5.74, 6) is -3.55. The fourth-order valence-corrected chi connectivity index (χ4v) is 8.02. The van der Waals surface area contributed by atoms with Crippen LogP contribution in [0.2, 0.25) is 0 Å². The standard InChI is InChI=1S/C25H40N7O20P3S/c1-25(2,19(37)22(38)28-4-3-14(34)27-5-6-56-15(35)7-12(33)24(39)40)9-49-55(46,47)52-54(44,45)48-8-13-18(51-53(41,42)43)17(36)23(50-13)32-11-31-16-20(26)29-10-30-21(16)32/h10-13,17-19,23,33,36-37H,3-9H2,1-2H3,(H,27,34)(H,28,38)(H,39,40)(H,44,45)(H,46,47)(H2,26,29,30)(H2,41,42,43)/p-5/t12-,13-,17-,18-,19+,23-/m1/s1. The van der Waals surface area contributed by atoms with Crippen LogP contribution in [-0.2, 0) is 55.5 Å². The van der Waals surface area contributed by atoms with Gasteiger partial charge in [-0.25, -0.2) is 19.3 Å². The highest BCUT2D eigenvalue weighted by molar-refractivity contribution is 8.13. The molecule has 2 amide bonds. The summed E-state index contributed by atoms with van der Waals surface area (Å²) >= 11 is 0.653. The number of imidazole rings is 1. The SMILES string of the molecule is CC(C)(COP(=O)([O-])OP(=O)([O-])OC[C@H]1O[C@@H](n2cnc3c(N)ncnc32)[C@H](O)[C@@H]1OP(=O)([O-])[O-])[C@@H](O)C(=O)NCCC(=O)NCCSC(=O)C[C@@H](O)C(=O)[O-]. The van der Waals surface area contributed by atoms with E-state index in [0.29, 0.717) is 11.8 Å². The number of aliphatic hydroxyl groups excluding tert-OH is 3. The Morgan fingerprint density at radius 3 is 2.36 bits per heavy atom. The Kier molecular flexibility index (Phi) is 16.6. The van der Waals surface area contributed by atoms with Crippen LogP contribution in [0.15, 0.2) is 12.7 Å². The number of carboxylic acids is 1. The molecule has 1 aliphatic rings. The molecule has 0 saturated carbocycles. The first-order chi connectivity index (χ1) is 25.8. The fraction of sp³-hybridized carbons (Fsp3) is 0.640. The molecule has 7 N–H and O–H groups in total. The third-order valence-electron chi connectivity index (χ3n) is 7.37. The number of hydrogen-bond donors (Lipinski definition) is 6. The number of amides is 2. The predicted octanol–water partition coefficient (Wildman–Crippen LogP) is -6.36. The highest BCUT2D eigenvalue weighted by Crippen LogP contribution is 2.56. The van der Waals surface area contributed by atoms with Gasteiger partial charge in [0.15, 0.2) is 22.8 Å². The molecular formula is C25H35N7O20P3S-5. The van der Waals surface area contributed by atoms with Crippen LogP contribution in [0.25, 0.3) is 11.2 Å². The van der Waals surface area contributed by atoms with Crippen LogP contribution >= 0.6 is 35.2 Å². The first-order valence-corrected chi connectivity index (χ1v) is 21.1. The average molecular weight is 879 g/mol. The number of carbonyl (C=O) groups is 4. The van der Waals surface area contributed by atoms with Gasteiger partial charge < -0.3 is 84.0 Å². The topological polar surface area (TPSA) is 435 Å². The van der Waals surface area contributed by atoms with E-state index in [1.54, 1.807) is 0 Å². The molecule has 0 bridgehead atoms. The van der Waals surface area contributed by atoms with Crippen molar-refractivity contribution in [1.29, 1.82) is 0 Å². The van der Waals surface area contributed by atoms with Gasteiger partial charge in [0, 0.05) is 37.1 Å². The summed E-state index contributed by atoms with van der Waals surface area (Å²) < 4.78 is 60.2. The molecule has 0 radical (unpaired) electrons. The van der Waals surface area contributed by atoms with Crippen molar-refractivity contribution in [3.63, 3.8) is 0 Å². The number of aromatic nitrogens is 4. The zero-order chi connectivity index (χ0) is 42.2. The fourth-order valence-electron chi connectivity index (χ4n) is 4.57. The molecule has 0 aliphatic carbocycles. The average Bonchev–Trinajstić information content (AvgIpc) is 3.64. The number of phosphoric ester groups is 3. The number of aliphatic carboxylic acids is 1. The Morgan fingerprint density at radius 1 is 1.05 bits per heavy atom. The molecule has 2 aromatic rings. The number of anilines is 1. The number of rotatable bonds is 22. The summed E-state index contributed by atoms with van der Waals surface area (Å²) in [6.45, 7) is -0.400. The van der Waals surface area contributed by atoms with Crippen LogP contribution < -0.4 is 41.0 Å². The summed E-state index contributed by atoms with van der Waals surface area (Å²) in [5.41, 5.74) is 3.96. The van der Waals surface area contributed by atoms with E-state index in [1.165, 1.54) is 0 Å². The lowest BCUT2D eigenvalue weighted by Gasteiger charge is -2.36. The molecule has 316 valence electrons. The number of carboxylic acid groups (broad SMARTS) is 1. The normalized spacial score (nSPS) is 22.2. The number of nitrogens with two attached hydrogens (primary N) is 1. The van der Waals surface area contributed by atoms with Gasteiger partial charge in [-0.3, -0.25) is 28.1 Å². The first-order valence-electron chi connectivity index (χ1n) is 15.7. The third kappa shape index (κ3) is 14.1. The first kappa shape index (κ1) is 47.4. The van der Waals surface area contributed by atoms with E-state index in [-0.39, 0.29) is 42.2 Å². The number of fused-ring (bicyclic) bond motifs is 1. The van der Waals surface area contributed by atoms with E-state index in [9.17, 15) is 67.8 Å². The second-order valence-corrected chi connectivity index (χ2v) is 17.5. The van der Waals surface area contributed by atoms with Crippen LogP contribution in [0.4, 0.5) is 5.82 Å². The van der Waals surface area contributed by atoms with E-state index in [4.69, 9.17) is 15.6 Å². The monoisotopic (exact) mass is 878 g/mol. The van der Waals surface area contributed by atoms with E-state index in [2.05, 4.69) is 43.5 Å². The molecule has 0 aromatic carbocycles. The summed E-state index contributed by atoms with van der Waals surface area (Å²) in [6.07, 6.45) is -10.5. The molecule has 3 heterocycles. The summed E-state index contributed by atoms with van der Waals surface area (Å²) in [6, 6.07) is 0. The summed E-state index contributed by atoms with van der Waals surface area (Å²) in [4.78, 5) is 106. The second kappa shape index (κ2) is 19.6. The number of nitrogen functional groups attached to an aromatic ring is 1. The van der Waals surface area contributed by atoms with E-state index >= 15 is 0 Å². The van der Waals surface area contributed by atoms with Crippen molar-refractivity contribution in [2.45, 2.75) is 63.4 Å². The Balaban J connectivity index is 1.48. The maximum Gasteiger partial charge on any atom is 0.274 e. The van der Waals surface area contributed by atoms with Gasteiger partial charge in [0.2, 0.25) is 11.8 Å². The van der Waals surface area contributed by atoms with Gasteiger partial charge in [-0.2, -0.15) is 0 Å². The smallest absolute Gasteiger partial charge is 0.274 e. The number of thioether (sulfide) groups is 1. The highest BCUT2D eigenvalue weighted by atomic mass is 32.2. The molecule has 27 nitrogen and oxygen atoms in total. The van der Waals surface area contributed by atoms with Gasteiger partial charge in [-0.05, 0) is 0 Å². The van der Waals surface area contributed by atoms with Crippen LogP contribution in [-0.4, -0.2) is 120 Å². The van der Waals surface area contributed by atoms with Crippen molar-refractivity contribution in [3.8, 4) is 0 Å². The minimum atomic E-state index is -5.94. The number of phosphoric acid groups is 3. The quantitative estimate of drug-likeness (QED) is 0.0473. The van der Waals surface area contributed by atoms with Crippen molar-refractivity contribution in [3.05, 3.63) is 12.7 Å². The third-order valence-corrected chi connectivity index (χ3v) is 11.3. The maximum atomic E-state index is 12.5. The molecule has 31 heteroatoms. The van der Waals surface area contributed by atoms with Gasteiger partial charge >= 0.3 is 0 Å². The number of aliphatic hydroxyl groups is 3. The summed E-state index contributed by atoms with van der Waals surface area (Å²) in [7, 11) is -17.7. The van der Waals surface area contributed by atoms with Crippen LogP contribution in [0, 0.1) is 5.41 Å². The Bertz CT molecular complexity index is 1880. The molecule has 2 aromatic heterocycles. The van der Waals surface area contributed by atoms with E-state index < -0.39 is 108 Å². The van der Waals surface area contributed by atoms with Crippen LogP contribution in [0.3, 0.4) is 0 Å². The molecule has 56 heavy (non-hydrogen) atoms. The molecule has 1 fully saturated rings. The molecule has 0 spiro atoms. The lowest BCUT2D eigenvalue weighted by atomic mass is 9.87.